The summed E-state index contributed by atoms with van der Waals surface area (Å²) < 4.78 is 5.35. The Morgan fingerprint density at radius 2 is 2.24 bits per heavy atom. The number of carbonyl (C=O) groups excluding carboxylic acids is 1. The van der Waals surface area contributed by atoms with Gasteiger partial charge in [0.1, 0.15) is 11.9 Å². The maximum atomic E-state index is 10.9. The number of hydrogen-bond donors (Lipinski definition) is 0. The Kier molecular flexibility index (Phi) is 4.45. The number of carbonyl (C=O) groups is 1. The van der Waals surface area contributed by atoms with Crippen LogP contribution in [0.25, 0.3) is 0 Å². The van der Waals surface area contributed by atoms with Gasteiger partial charge < -0.3 is 4.74 Å². The van der Waals surface area contributed by atoms with E-state index in [4.69, 9.17) is 16.3 Å². The normalized spacial score (nSPS) is 11.9. The van der Waals surface area contributed by atoms with Gasteiger partial charge in [0.2, 0.25) is 0 Å². The van der Waals surface area contributed by atoms with Crippen LogP contribution in [0.15, 0.2) is 18.2 Å². The van der Waals surface area contributed by atoms with E-state index in [0.29, 0.717) is 5.02 Å². The van der Waals surface area contributed by atoms with E-state index in [2.05, 4.69) is 0 Å². The number of ketones is 1. The van der Waals surface area contributed by atoms with Crippen molar-refractivity contribution in [2.24, 2.45) is 0 Å². The fourth-order valence-electron chi connectivity index (χ4n) is 1.40. The van der Waals surface area contributed by atoms with E-state index in [1.165, 1.54) is 25.1 Å². The molecule has 1 aromatic carbocycles. The zero-order chi connectivity index (χ0) is 13.0. The first-order valence-corrected chi connectivity index (χ1v) is 5.38. The van der Waals surface area contributed by atoms with Gasteiger partial charge >= 0.3 is 5.69 Å². The molecule has 1 aromatic rings. The number of ether oxygens (including phenoxy) is 1. The van der Waals surface area contributed by atoms with E-state index in [1.54, 1.807) is 6.92 Å². The molecule has 0 radical (unpaired) electrons. The fraction of sp³-hybridized carbons (Fsp3) is 0.364. The van der Waals surface area contributed by atoms with Crippen molar-refractivity contribution in [2.75, 3.05) is 0 Å². The fourth-order valence-corrected chi connectivity index (χ4v) is 1.56. The number of hydrogen-bond acceptors (Lipinski definition) is 4. The molecule has 92 valence electrons. The van der Waals surface area contributed by atoms with Crippen LogP contribution in [-0.2, 0) is 4.79 Å². The largest absolute Gasteiger partial charge is 0.483 e. The summed E-state index contributed by atoms with van der Waals surface area (Å²) in [4.78, 5) is 21.1. The van der Waals surface area contributed by atoms with E-state index < -0.39 is 11.0 Å². The highest BCUT2D eigenvalue weighted by atomic mass is 35.5. The third kappa shape index (κ3) is 4.03. The molecular formula is C11H12ClNO4. The van der Waals surface area contributed by atoms with Gasteiger partial charge in [-0.3, -0.25) is 14.9 Å². The Morgan fingerprint density at radius 3 is 2.76 bits per heavy atom. The minimum absolute atomic E-state index is 0.0396. The summed E-state index contributed by atoms with van der Waals surface area (Å²) >= 11 is 5.74. The standard InChI is InChI=1S/C11H12ClNO4/c1-7(14)5-8(2)17-11-6-9(12)3-4-10(11)13(15)16/h3-4,6,8H,5H2,1-2H3. The highest BCUT2D eigenvalue weighted by molar-refractivity contribution is 6.30. The molecule has 0 bridgehead atoms. The first kappa shape index (κ1) is 13.4. The third-order valence-electron chi connectivity index (χ3n) is 2.02. The first-order chi connectivity index (χ1) is 7.90. The smallest absolute Gasteiger partial charge is 0.311 e. The van der Waals surface area contributed by atoms with Crippen molar-refractivity contribution in [3.8, 4) is 5.75 Å². The zero-order valence-electron chi connectivity index (χ0n) is 9.47. The maximum absolute atomic E-state index is 10.9. The molecule has 0 fully saturated rings. The maximum Gasteiger partial charge on any atom is 0.311 e. The van der Waals surface area contributed by atoms with Crippen molar-refractivity contribution < 1.29 is 14.5 Å². The van der Waals surface area contributed by atoms with Gasteiger partial charge in [0.05, 0.1) is 4.92 Å². The quantitative estimate of drug-likeness (QED) is 0.601. The van der Waals surface area contributed by atoms with Crippen LogP contribution in [0.2, 0.25) is 5.02 Å². The van der Waals surface area contributed by atoms with E-state index in [0.717, 1.165) is 0 Å². The van der Waals surface area contributed by atoms with Crippen molar-refractivity contribution in [2.45, 2.75) is 26.4 Å². The minimum atomic E-state index is -0.549. The lowest BCUT2D eigenvalue weighted by molar-refractivity contribution is -0.386. The van der Waals surface area contributed by atoms with Gasteiger partial charge in [-0.05, 0) is 19.9 Å². The number of nitro groups is 1. The van der Waals surface area contributed by atoms with Crippen molar-refractivity contribution in [1.29, 1.82) is 0 Å². The van der Waals surface area contributed by atoms with Crippen LogP contribution in [0.5, 0.6) is 5.75 Å². The first-order valence-electron chi connectivity index (χ1n) is 5.00. The van der Waals surface area contributed by atoms with Crippen LogP contribution in [0.4, 0.5) is 5.69 Å². The van der Waals surface area contributed by atoms with Gasteiger partial charge in [0, 0.05) is 23.6 Å². The van der Waals surface area contributed by atoms with Gasteiger partial charge in [-0.25, -0.2) is 0 Å². The molecule has 0 N–H and O–H groups in total. The SMILES string of the molecule is CC(=O)CC(C)Oc1cc(Cl)ccc1[N+](=O)[O-]. The van der Waals surface area contributed by atoms with Crippen molar-refractivity contribution in [3.05, 3.63) is 33.3 Å². The van der Waals surface area contributed by atoms with E-state index in [1.807, 2.05) is 0 Å². The Labute approximate surface area is 103 Å². The van der Waals surface area contributed by atoms with Crippen LogP contribution >= 0.6 is 11.6 Å². The molecule has 1 atom stereocenters. The summed E-state index contributed by atoms with van der Waals surface area (Å²) in [6.07, 6.45) is -0.228. The predicted octanol–water partition coefficient (Wildman–Crippen LogP) is 2.99. The number of benzene rings is 1. The molecule has 1 rings (SSSR count). The average Bonchev–Trinajstić information content (AvgIpc) is 2.15. The molecular weight excluding hydrogens is 246 g/mol. The lowest BCUT2D eigenvalue weighted by Crippen LogP contribution is -2.16. The van der Waals surface area contributed by atoms with E-state index in [-0.39, 0.29) is 23.6 Å². The van der Waals surface area contributed by atoms with Crippen molar-refractivity contribution in [1.82, 2.24) is 0 Å². The Balaban J connectivity index is 2.92. The second-order valence-corrected chi connectivity index (χ2v) is 4.14. The molecule has 17 heavy (non-hydrogen) atoms. The Hall–Kier alpha value is -1.62. The second kappa shape index (κ2) is 5.63. The number of nitro benzene ring substituents is 1. The Morgan fingerprint density at radius 1 is 1.59 bits per heavy atom. The van der Waals surface area contributed by atoms with Crippen molar-refractivity contribution in [3.63, 3.8) is 0 Å². The highest BCUT2D eigenvalue weighted by Crippen LogP contribution is 2.30. The summed E-state index contributed by atoms with van der Waals surface area (Å²) in [6, 6.07) is 4.07. The van der Waals surface area contributed by atoms with Gasteiger partial charge in [-0.1, -0.05) is 11.6 Å². The zero-order valence-corrected chi connectivity index (χ0v) is 10.2. The van der Waals surface area contributed by atoms with E-state index >= 15 is 0 Å². The van der Waals surface area contributed by atoms with E-state index in [9.17, 15) is 14.9 Å². The third-order valence-corrected chi connectivity index (χ3v) is 2.26. The molecule has 5 nitrogen and oxygen atoms in total. The van der Waals surface area contributed by atoms with Crippen LogP contribution in [0, 0.1) is 10.1 Å². The van der Waals surface area contributed by atoms with Crippen LogP contribution in [0.3, 0.4) is 0 Å². The molecule has 1 unspecified atom stereocenters. The molecule has 0 aliphatic heterocycles. The Bertz CT molecular complexity index is 447. The van der Waals surface area contributed by atoms with Crippen LogP contribution in [-0.4, -0.2) is 16.8 Å². The number of halogens is 1. The summed E-state index contributed by atoms with van der Waals surface area (Å²) in [5.41, 5.74) is -0.162. The molecule has 0 aliphatic rings. The predicted molar refractivity (Wildman–Crippen MR) is 63.5 cm³/mol. The van der Waals surface area contributed by atoms with Crippen molar-refractivity contribution >= 4 is 23.1 Å². The minimum Gasteiger partial charge on any atom is -0.483 e. The molecule has 0 spiro atoms. The number of nitrogens with zero attached hydrogens (tertiary/aromatic N) is 1. The molecule has 0 amide bonds. The summed E-state index contributed by atoms with van der Waals surface area (Å²) in [6.45, 7) is 3.11. The molecule has 0 heterocycles. The average molecular weight is 258 g/mol. The van der Waals surface area contributed by atoms with Gasteiger partial charge in [0.25, 0.3) is 0 Å². The van der Waals surface area contributed by atoms with Gasteiger partial charge in [0.15, 0.2) is 5.75 Å². The van der Waals surface area contributed by atoms with Crippen LogP contribution in [0.1, 0.15) is 20.3 Å². The van der Waals surface area contributed by atoms with Gasteiger partial charge in [-0.2, -0.15) is 0 Å². The molecule has 0 aromatic heterocycles. The van der Waals surface area contributed by atoms with Crippen LogP contribution < -0.4 is 4.74 Å². The topological polar surface area (TPSA) is 69.4 Å². The molecule has 0 saturated carbocycles. The highest BCUT2D eigenvalue weighted by Gasteiger charge is 2.18. The molecule has 0 saturated heterocycles. The van der Waals surface area contributed by atoms with Gasteiger partial charge in [-0.15, -0.1) is 0 Å². The summed E-state index contributed by atoms with van der Waals surface area (Å²) in [5, 5.41) is 11.1. The lowest BCUT2D eigenvalue weighted by Gasteiger charge is -2.13. The lowest BCUT2D eigenvalue weighted by atomic mass is 10.2. The summed E-state index contributed by atoms with van der Waals surface area (Å²) in [5.74, 6) is 0.0402. The number of Topliss-reactive ketones (excluding diaryl/α,β-unsaturated/α-hetero) is 1. The molecule has 6 heteroatoms. The second-order valence-electron chi connectivity index (χ2n) is 3.70. The number of rotatable bonds is 5. The summed E-state index contributed by atoms with van der Waals surface area (Å²) in [7, 11) is 0. The molecule has 0 aliphatic carbocycles. The monoisotopic (exact) mass is 257 g/mol.